The fourth-order valence-electron chi connectivity index (χ4n) is 2.04. The molecule has 2 unspecified atom stereocenters. The van der Waals surface area contributed by atoms with Gasteiger partial charge in [0.2, 0.25) is 0 Å². The van der Waals surface area contributed by atoms with E-state index in [2.05, 4.69) is 4.98 Å². The molecule has 1 aromatic heterocycles. The summed E-state index contributed by atoms with van der Waals surface area (Å²) in [7, 11) is -0.834. The van der Waals surface area contributed by atoms with Gasteiger partial charge in [0.15, 0.2) is 0 Å². The van der Waals surface area contributed by atoms with Gasteiger partial charge in [-0.2, -0.15) is 0 Å². The molecule has 0 radical (unpaired) electrons. The first-order valence-electron chi connectivity index (χ1n) is 6.20. The number of rotatable bonds is 5. The van der Waals surface area contributed by atoms with Crippen LogP contribution in [0, 0.1) is 0 Å². The number of aryl methyl sites for hydroxylation is 1. The number of aromatic nitrogens is 2. The van der Waals surface area contributed by atoms with E-state index in [1.807, 2.05) is 23.6 Å². The number of nitrogen functional groups attached to an aromatic ring is 1. The van der Waals surface area contributed by atoms with Gasteiger partial charge < -0.3 is 15.4 Å². The van der Waals surface area contributed by atoms with Crippen molar-refractivity contribution in [3.8, 4) is 0 Å². The van der Waals surface area contributed by atoms with Crippen LogP contribution in [0.25, 0.3) is 11.0 Å². The maximum absolute atomic E-state index is 11.4. The second kappa shape index (κ2) is 5.71. The minimum Gasteiger partial charge on any atom is -0.399 e. The normalized spacial score (nSPS) is 14.7. The summed E-state index contributed by atoms with van der Waals surface area (Å²) in [6.45, 7) is 2.54. The van der Waals surface area contributed by atoms with E-state index in [4.69, 9.17) is 5.73 Å². The molecule has 0 bridgehead atoms. The maximum Gasteiger partial charge on any atom is 0.135 e. The number of aliphatic hydroxyl groups is 1. The Morgan fingerprint density at radius 2 is 2.26 bits per heavy atom. The van der Waals surface area contributed by atoms with Crippen molar-refractivity contribution in [2.24, 2.45) is 0 Å². The highest BCUT2D eigenvalue weighted by Gasteiger charge is 2.12. The van der Waals surface area contributed by atoms with Crippen LogP contribution in [0.1, 0.15) is 19.2 Å². The second-order valence-electron chi connectivity index (χ2n) is 4.68. The van der Waals surface area contributed by atoms with Crippen molar-refractivity contribution in [1.29, 1.82) is 0 Å². The van der Waals surface area contributed by atoms with E-state index < -0.39 is 10.8 Å². The van der Waals surface area contributed by atoms with Crippen molar-refractivity contribution in [2.45, 2.75) is 31.7 Å². The summed E-state index contributed by atoms with van der Waals surface area (Å²) in [6, 6.07) is 5.53. The summed E-state index contributed by atoms with van der Waals surface area (Å²) < 4.78 is 13.4. The minimum atomic E-state index is -0.834. The first-order chi connectivity index (χ1) is 9.02. The van der Waals surface area contributed by atoms with E-state index in [-0.39, 0.29) is 11.9 Å². The number of anilines is 1. The Hall–Kier alpha value is -1.40. The van der Waals surface area contributed by atoms with Crippen molar-refractivity contribution >= 4 is 27.5 Å². The largest absolute Gasteiger partial charge is 0.399 e. The Bertz CT molecular complexity index is 609. The number of aliphatic hydroxyl groups excluding tert-OH is 1. The van der Waals surface area contributed by atoms with Gasteiger partial charge in [-0.3, -0.25) is 4.21 Å². The minimum absolute atomic E-state index is 0.113. The molecule has 0 amide bonds. The molecule has 0 fully saturated rings. The lowest BCUT2D eigenvalue weighted by molar-refractivity contribution is 0.265. The summed E-state index contributed by atoms with van der Waals surface area (Å²) in [5.74, 6) is 0.620. The molecule has 0 aliphatic rings. The lowest BCUT2D eigenvalue weighted by Crippen LogP contribution is -2.14. The van der Waals surface area contributed by atoms with Crippen LogP contribution in [-0.2, 0) is 24.0 Å². The Labute approximate surface area is 114 Å². The van der Waals surface area contributed by atoms with E-state index in [9.17, 15) is 9.32 Å². The molecule has 1 aromatic carbocycles. The third-order valence-corrected chi connectivity index (χ3v) is 4.69. The molecule has 1 heterocycles. The van der Waals surface area contributed by atoms with Crippen molar-refractivity contribution in [3.63, 3.8) is 0 Å². The van der Waals surface area contributed by atoms with E-state index >= 15 is 0 Å². The van der Waals surface area contributed by atoms with Crippen molar-refractivity contribution in [2.75, 3.05) is 12.0 Å². The van der Waals surface area contributed by atoms with Crippen LogP contribution in [0.2, 0.25) is 0 Å². The molecule has 0 spiro atoms. The number of fused-ring (bicyclic) bond motifs is 1. The summed E-state index contributed by atoms with van der Waals surface area (Å²) in [6.07, 6.45) is 2.50. The average molecular weight is 281 g/mol. The number of hydrogen-bond donors (Lipinski definition) is 2. The van der Waals surface area contributed by atoms with Crippen LogP contribution < -0.4 is 5.73 Å². The van der Waals surface area contributed by atoms with Gasteiger partial charge >= 0.3 is 0 Å². The third kappa shape index (κ3) is 2.96. The summed E-state index contributed by atoms with van der Waals surface area (Å²) in [5.41, 5.74) is 8.13. The van der Waals surface area contributed by atoms with Crippen molar-refractivity contribution in [3.05, 3.63) is 24.0 Å². The monoisotopic (exact) mass is 281 g/mol. The zero-order valence-electron chi connectivity index (χ0n) is 11.2. The van der Waals surface area contributed by atoms with E-state index in [0.717, 1.165) is 17.5 Å². The molecule has 104 valence electrons. The van der Waals surface area contributed by atoms with Crippen LogP contribution in [0.5, 0.6) is 0 Å². The SMILES string of the molecule is CC(CCn1c(CO)nc2cc(N)ccc21)S(C)=O. The van der Waals surface area contributed by atoms with Gasteiger partial charge in [-0.25, -0.2) is 4.98 Å². The molecule has 0 saturated carbocycles. The van der Waals surface area contributed by atoms with Crippen molar-refractivity contribution < 1.29 is 9.32 Å². The second-order valence-corrected chi connectivity index (χ2v) is 6.49. The standard InChI is InChI=1S/C13H19N3O2S/c1-9(19(2)18)5-6-16-12-4-3-10(14)7-11(12)15-13(16)8-17/h3-4,7,9,17H,5-6,8,14H2,1-2H3. The Morgan fingerprint density at radius 1 is 1.53 bits per heavy atom. The number of benzene rings is 1. The molecule has 0 saturated heterocycles. The van der Waals surface area contributed by atoms with Gasteiger partial charge in [0.25, 0.3) is 0 Å². The van der Waals surface area contributed by atoms with E-state index in [0.29, 0.717) is 18.1 Å². The molecule has 2 aromatic rings. The third-order valence-electron chi connectivity index (χ3n) is 3.32. The van der Waals surface area contributed by atoms with Gasteiger partial charge in [0, 0.05) is 34.5 Å². The predicted octanol–water partition coefficient (Wildman–Crippen LogP) is 1.27. The summed E-state index contributed by atoms with van der Waals surface area (Å²) >= 11 is 0. The Balaban J connectivity index is 2.32. The smallest absolute Gasteiger partial charge is 0.135 e. The van der Waals surface area contributed by atoms with Crippen LogP contribution in [0.4, 0.5) is 5.69 Å². The molecule has 5 nitrogen and oxygen atoms in total. The lowest BCUT2D eigenvalue weighted by atomic mass is 10.2. The van der Waals surface area contributed by atoms with Crippen molar-refractivity contribution in [1.82, 2.24) is 9.55 Å². The topological polar surface area (TPSA) is 81.1 Å². The van der Waals surface area contributed by atoms with Gasteiger partial charge in [0.1, 0.15) is 12.4 Å². The van der Waals surface area contributed by atoms with Crippen LogP contribution in [0.15, 0.2) is 18.2 Å². The van der Waals surface area contributed by atoms with Crippen LogP contribution >= 0.6 is 0 Å². The number of hydrogen-bond acceptors (Lipinski definition) is 4. The average Bonchev–Trinajstić information content (AvgIpc) is 2.72. The molecule has 0 aliphatic carbocycles. The van der Waals surface area contributed by atoms with Gasteiger partial charge in [-0.1, -0.05) is 6.92 Å². The highest BCUT2D eigenvalue weighted by atomic mass is 32.2. The van der Waals surface area contributed by atoms with Gasteiger partial charge in [-0.05, 0) is 24.6 Å². The molecule has 3 N–H and O–H groups in total. The maximum atomic E-state index is 11.4. The molecule has 19 heavy (non-hydrogen) atoms. The summed E-state index contributed by atoms with van der Waals surface area (Å²) in [5, 5.41) is 9.51. The molecule has 6 heteroatoms. The number of nitrogens with two attached hydrogens (primary N) is 1. The van der Waals surface area contributed by atoms with Gasteiger partial charge in [-0.15, -0.1) is 0 Å². The first kappa shape index (κ1) is 14.0. The van der Waals surface area contributed by atoms with E-state index in [1.165, 1.54) is 0 Å². The van der Waals surface area contributed by atoms with E-state index in [1.54, 1.807) is 12.3 Å². The fourth-order valence-corrected chi connectivity index (χ4v) is 2.48. The zero-order valence-corrected chi connectivity index (χ0v) is 12.0. The zero-order chi connectivity index (χ0) is 14.0. The Kier molecular flexibility index (Phi) is 4.21. The molecule has 2 rings (SSSR count). The first-order valence-corrected chi connectivity index (χ1v) is 7.82. The van der Waals surface area contributed by atoms with Crippen LogP contribution in [-0.4, -0.2) is 30.4 Å². The fraction of sp³-hybridized carbons (Fsp3) is 0.462. The highest BCUT2D eigenvalue weighted by molar-refractivity contribution is 7.84. The summed E-state index contributed by atoms with van der Waals surface area (Å²) in [4.78, 5) is 4.37. The molecular formula is C13H19N3O2S. The molecule has 2 atom stereocenters. The quantitative estimate of drug-likeness (QED) is 0.809. The van der Waals surface area contributed by atoms with Gasteiger partial charge in [0.05, 0.1) is 11.0 Å². The number of nitrogens with zero attached hydrogens (tertiary/aromatic N) is 2. The Morgan fingerprint density at radius 3 is 2.89 bits per heavy atom. The lowest BCUT2D eigenvalue weighted by Gasteiger charge is -2.11. The highest BCUT2D eigenvalue weighted by Crippen LogP contribution is 2.20. The number of imidazole rings is 1. The van der Waals surface area contributed by atoms with Crippen LogP contribution in [0.3, 0.4) is 0 Å². The molecular weight excluding hydrogens is 262 g/mol. The predicted molar refractivity (Wildman–Crippen MR) is 78.2 cm³/mol. The molecule has 0 aliphatic heterocycles.